The van der Waals surface area contributed by atoms with Crippen molar-refractivity contribution in [3.05, 3.63) is 107 Å². The summed E-state index contributed by atoms with van der Waals surface area (Å²) >= 11 is 0. The molecule has 5 nitrogen and oxygen atoms in total. The minimum absolute atomic E-state index is 0.0512. The zero-order valence-corrected chi connectivity index (χ0v) is 18.8. The van der Waals surface area contributed by atoms with E-state index in [1.165, 1.54) is 12.1 Å². The van der Waals surface area contributed by atoms with Gasteiger partial charge in [0.2, 0.25) is 0 Å². The number of nitrogens with zero attached hydrogens (tertiary/aromatic N) is 1. The second kappa shape index (κ2) is 10.1. The molecule has 1 unspecified atom stereocenters. The first-order valence-electron chi connectivity index (χ1n) is 10.9. The summed E-state index contributed by atoms with van der Waals surface area (Å²) in [7, 11) is 3.09. The van der Waals surface area contributed by atoms with E-state index >= 15 is 0 Å². The van der Waals surface area contributed by atoms with E-state index in [-0.39, 0.29) is 17.7 Å². The fourth-order valence-corrected chi connectivity index (χ4v) is 4.17. The molecule has 0 saturated heterocycles. The smallest absolute Gasteiger partial charge is 0.258 e. The third-order valence-corrected chi connectivity index (χ3v) is 5.76. The molecule has 0 bridgehead atoms. The standard InChI is InChI=1S/C28H27NO4/c1-32-26-18-23(30)19-27(33-2)24(26)17-16-22-14-9-15-25(20-10-5-3-6-11-20)29(22)28(31)21-12-7-4-8-13-21/h3-8,10-14,16-19,25,30H,9,15H2,1-2H3. The zero-order chi connectivity index (χ0) is 23.2. The molecule has 0 saturated carbocycles. The highest BCUT2D eigenvalue weighted by molar-refractivity contribution is 5.96. The summed E-state index contributed by atoms with van der Waals surface area (Å²) in [4.78, 5) is 15.5. The Balaban J connectivity index is 1.76. The van der Waals surface area contributed by atoms with Crippen molar-refractivity contribution >= 4 is 12.0 Å². The molecule has 0 aliphatic carbocycles. The van der Waals surface area contributed by atoms with Crippen molar-refractivity contribution in [1.29, 1.82) is 0 Å². The molecule has 1 heterocycles. The molecule has 0 aromatic heterocycles. The summed E-state index contributed by atoms with van der Waals surface area (Å²) in [5.41, 5.74) is 3.23. The number of benzene rings is 3. The largest absolute Gasteiger partial charge is 0.508 e. The van der Waals surface area contributed by atoms with Crippen LogP contribution >= 0.6 is 0 Å². The fraction of sp³-hybridized carbons (Fsp3) is 0.179. The van der Waals surface area contributed by atoms with E-state index in [1.807, 2.05) is 65.6 Å². The van der Waals surface area contributed by atoms with Gasteiger partial charge in [-0.15, -0.1) is 0 Å². The van der Waals surface area contributed by atoms with Gasteiger partial charge in [-0.1, -0.05) is 54.6 Å². The third-order valence-electron chi connectivity index (χ3n) is 5.76. The number of hydrogen-bond acceptors (Lipinski definition) is 4. The van der Waals surface area contributed by atoms with Gasteiger partial charge in [-0.2, -0.15) is 0 Å². The summed E-state index contributed by atoms with van der Waals surface area (Å²) < 4.78 is 10.9. The topological polar surface area (TPSA) is 59.0 Å². The van der Waals surface area contributed by atoms with Gasteiger partial charge in [-0.3, -0.25) is 4.79 Å². The van der Waals surface area contributed by atoms with Gasteiger partial charge >= 0.3 is 0 Å². The Hall–Kier alpha value is -3.99. The lowest BCUT2D eigenvalue weighted by atomic mass is 9.94. The predicted molar refractivity (Wildman–Crippen MR) is 129 cm³/mol. The van der Waals surface area contributed by atoms with E-state index in [4.69, 9.17) is 9.47 Å². The van der Waals surface area contributed by atoms with Gasteiger partial charge < -0.3 is 19.5 Å². The van der Waals surface area contributed by atoms with Crippen molar-refractivity contribution in [3.63, 3.8) is 0 Å². The number of phenols is 1. The van der Waals surface area contributed by atoms with Gasteiger partial charge in [0, 0.05) is 23.4 Å². The number of ether oxygens (including phenoxy) is 2. The highest BCUT2D eigenvalue weighted by Gasteiger charge is 2.30. The van der Waals surface area contributed by atoms with Crippen LogP contribution in [0.4, 0.5) is 0 Å². The maximum absolute atomic E-state index is 13.7. The molecule has 0 spiro atoms. The minimum Gasteiger partial charge on any atom is -0.508 e. The number of carbonyl (C=O) groups is 1. The second-order valence-electron chi connectivity index (χ2n) is 7.77. The number of phenolic OH excluding ortho intramolecular Hbond substituents is 1. The van der Waals surface area contributed by atoms with Crippen LogP contribution in [0.15, 0.2) is 90.6 Å². The lowest BCUT2D eigenvalue weighted by Crippen LogP contribution is -2.35. The van der Waals surface area contributed by atoms with Crippen LogP contribution in [0, 0.1) is 0 Å². The average molecular weight is 442 g/mol. The van der Waals surface area contributed by atoms with Crippen molar-refractivity contribution in [2.75, 3.05) is 14.2 Å². The van der Waals surface area contributed by atoms with Crippen LogP contribution in [0.25, 0.3) is 6.08 Å². The van der Waals surface area contributed by atoms with Gasteiger partial charge in [-0.05, 0) is 42.7 Å². The van der Waals surface area contributed by atoms with Crippen molar-refractivity contribution in [2.24, 2.45) is 0 Å². The highest BCUT2D eigenvalue weighted by Crippen LogP contribution is 2.38. The summed E-state index contributed by atoms with van der Waals surface area (Å²) in [6, 6.07) is 22.4. The monoisotopic (exact) mass is 441 g/mol. The van der Waals surface area contributed by atoms with E-state index in [0.29, 0.717) is 22.6 Å². The number of methoxy groups -OCH3 is 2. The number of hydrogen-bond donors (Lipinski definition) is 1. The SMILES string of the molecule is COc1cc(O)cc(OC)c1C=CC1=CCCC(c2ccccc2)N1C(=O)c1ccccc1. The number of amides is 1. The highest BCUT2D eigenvalue weighted by atomic mass is 16.5. The Labute approximate surface area is 194 Å². The third kappa shape index (κ3) is 4.77. The maximum atomic E-state index is 13.7. The summed E-state index contributed by atoms with van der Waals surface area (Å²) in [5.74, 6) is 0.979. The Morgan fingerprint density at radius 1 is 0.939 bits per heavy atom. The van der Waals surface area contributed by atoms with Gasteiger partial charge in [0.25, 0.3) is 5.91 Å². The van der Waals surface area contributed by atoms with Crippen molar-refractivity contribution < 1.29 is 19.4 Å². The Bertz CT molecular complexity index is 1140. The van der Waals surface area contributed by atoms with Crippen LogP contribution in [0.2, 0.25) is 0 Å². The number of rotatable bonds is 6. The predicted octanol–water partition coefficient (Wildman–Crippen LogP) is 5.98. The molecule has 4 rings (SSSR count). The lowest BCUT2D eigenvalue weighted by molar-refractivity contribution is 0.0733. The number of carbonyl (C=O) groups excluding carboxylic acids is 1. The minimum atomic E-state index is -0.0767. The molecular weight excluding hydrogens is 414 g/mol. The van der Waals surface area contributed by atoms with Crippen LogP contribution in [0.1, 0.15) is 40.4 Å². The van der Waals surface area contributed by atoms with Crippen molar-refractivity contribution in [3.8, 4) is 17.2 Å². The summed E-state index contributed by atoms with van der Waals surface area (Å²) in [5, 5.41) is 9.95. The summed E-state index contributed by atoms with van der Waals surface area (Å²) in [6.45, 7) is 0. The van der Waals surface area contributed by atoms with Gasteiger partial charge in [0.05, 0.1) is 25.8 Å². The quantitative estimate of drug-likeness (QED) is 0.511. The van der Waals surface area contributed by atoms with Crippen LogP contribution in [0.3, 0.4) is 0 Å². The van der Waals surface area contributed by atoms with Crippen LogP contribution in [-0.2, 0) is 0 Å². The molecule has 1 aliphatic heterocycles. The first-order chi connectivity index (χ1) is 16.1. The lowest BCUT2D eigenvalue weighted by Gasteiger charge is -2.36. The Morgan fingerprint density at radius 2 is 1.55 bits per heavy atom. The zero-order valence-electron chi connectivity index (χ0n) is 18.8. The van der Waals surface area contributed by atoms with Crippen molar-refractivity contribution in [2.45, 2.75) is 18.9 Å². The molecule has 0 radical (unpaired) electrons. The van der Waals surface area contributed by atoms with E-state index in [2.05, 4.69) is 18.2 Å². The van der Waals surface area contributed by atoms with E-state index in [9.17, 15) is 9.90 Å². The van der Waals surface area contributed by atoms with Crippen molar-refractivity contribution in [1.82, 2.24) is 4.90 Å². The van der Waals surface area contributed by atoms with E-state index in [0.717, 1.165) is 24.1 Å². The van der Waals surface area contributed by atoms with Gasteiger partial charge in [0.15, 0.2) is 0 Å². The van der Waals surface area contributed by atoms with E-state index < -0.39 is 0 Å². The van der Waals surface area contributed by atoms with Gasteiger partial charge in [-0.25, -0.2) is 0 Å². The molecule has 1 atom stereocenters. The molecular formula is C28H27NO4. The molecule has 3 aromatic rings. The normalized spacial score (nSPS) is 15.9. The molecule has 1 amide bonds. The number of aromatic hydroxyl groups is 1. The first kappa shape index (κ1) is 22.2. The molecule has 1 aliphatic rings. The van der Waals surface area contributed by atoms with Gasteiger partial charge in [0.1, 0.15) is 17.2 Å². The first-order valence-corrected chi connectivity index (χ1v) is 10.9. The molecule has 3 aromatic carbocycles. The molecule has 168 valence electrons. The van der Waals surface area contributed by atoms with Crippen LogP contribution < -0.4 is 9.47 Å². The summed E-state index contributed by atoms with van der Waals surface area (Å²) in [6.07, 6.45) is 7.54. The Morgan fingerprint density at radius 3 is 2.15 bits per heavy atom. The molecule has 1 N–H and O–H groups in total. The van der Waals surface area contributed by atoms with E-state index in [1.54, 1.807) is 14.2 Å². The maximum Gasteiger partial charge on any atom is 0.258 e. The molecule has 0 fully saturated rings. The second-order valence-corrected chi connectivity index (χ2v) is 7.77. The van der Waals surface area contributed by atoms with Crippen LogP contribution in [0.5, 0.6) is 17.2 Å². The Kier molecular flexibility index (Phi) is 6.79. The molecule has 33 heavy (non-hydrogen) atoms. The molecule has 5 heteroatoms. The fourth-order valence-electron chi connectivity index (χ4n) is 4.17. The number of allylic oxidation sites excluding steroid dienone is 2. The average Bonchev–Trinajstić information content (AvgIpc) is 2.87. The van der Waals surface area contributed by atoms with Crippen LogP contribution in [-0.4, -0.2) is 30.1 Å².